The van der Waals surface area contributed by atoms with Crippen LogP contribution in [0.25, 0.3) is 10.9 Å². The fourth-order valence-corrected chi connectivity index (χ4v) is 3.37. The third-order valence-electron chi connectivity index (χ3n) is 4.79. The number of aliphatic carboxylic acids is 1. The average Bonchev–Trinajstić information content (AvgIpc) is 3.01. The van der Waals surface area contributed by atoms with Crippen LogP contribution in [0, 0.1) is 0 Å². The molecule has 0 saturated carbocycles. The molecule has 0 aliphatic heterocycles. The molecule has 4 nitrogen and oxygen atoms in total. The lowest BCUT2D eigenvalue weighted by Crippen LogP contribution is -2.17. The van der Waals surface area contributed by atoms with Gasteiger partial charge in [0.2, 0.25) is 0 Å². The van der Waals surface area contributed by atoms with Crippen LogP contribution in [0.4, 0.5) is 0 Å². The molecule has 0 aliphatic carbocycles. The predicted octanol–water partition coefficient (Wildman–Crippen LogP) is 5.56. The first kappa shape index (κ1) is 19.2. The molecule has 0 radical (unpaired) electrons. The van der Waals surface area contributed by atoms with E-state index in [1.165, 1.54) is 0 Å². The van der Waals surface area contributed by atoms with Gasteiger partial charge in [0.05, 0.1) is 5.92 Å². The normalized spacial score (nSPS) is 12.9. The van der Waals surface area contributed by atoms with Crippen LogP contribution in [-0.4, -0.2) is 21.8 Å². The lowest BCUT2D eigenvalue weighted by Gasteiger charge is -2.20. The van der Waals surface area contributed by atoms with Crippen molar-refractivity contribution in [2.24, 2.45) is 0 Å². The van der Waals surface area contributed by atoms with E-state index in [1.807, 2.05) is 18.2 Å². The number of carbonyl (C=O) groups excluding carboxylic acids is 1. The summed E-state index contributed by atoms with van der Waals surface area (Å²) in [4.78, 5) is 27.8. The van der Waals surface area contributed by atoms with Crippen molar-refractivity contribution in [1.29, 1.82) is 0 Å². The zero-order valence-electron chi connectivity index (χ0n) is 15.5. The average molecular weight is 384 g/mol. The minimum absolute atomic E-state index is 0.0847. The van der Waals surface area contributed by atoms with E-state index in [0.717, 1.165) is 16.5 Å². The Labute approximate surface area is 163 Å². The van der Waals surface area contributed by atoms with Crippen molar-refractivity contribution in [1.82, 2.24) is 4.98 Å². The van der Waals surface area contributed by atoms with Gasteiger partial charge in [-0.3, -0.25) is 9.59 Å². The van der Waals surface area contributed by atoms with E-state index in [4.69, 9.17) is 11.6 Å². The molecule has 0 aliphatic rings. The molecular weight excluding hydrogens is 362 g/mol. The highest BCUT2D eigenvalue weighted by Crippen LogP contribution is 2.31. The van der Waals surface area contributed by atoms with Crippen LogP contribution in [0.15, 0.2) is 48.7 Å². The number of ketones is 1. The molecule has 1 heterocycles. The molecule has 0 saturated heterocycles. The van der Waals surface area contributed by atoms with E-state index in [9.17, 15) is 14.7 Å². The lowest BCUT2D eigenvalue weighted by molar-refractivity contribution is -0.138. The van der Waals surface area contributed by atoms with E-state index in [-0.39, 0.29) is 17.6 Å². The third-order valence-corrected chi connectivity index (χ3v) is 5.02. The standard InChI is InChI=1S/C22H22ClNO3/c1-22(2,3)14-6-4-5-13(9-14)20(25)11-17(21(26)27)18-12-24-19-10-15(23)7-8-16(18)19/h4-10,12,17,24H,11H2,1-3H3,(H,26,27). The van der Waals surface area contributed by atoms with E-state index in [1.54, 1.807) is 30.5 Å². The van der Waals surface area contributed by atoms with Crippen molar-refractivity contribution in [3.63, 3.8) is 0 Å². The highest BCUT2D eigenvalue weighted by molar-refractivity contribution is 6.31. The van der Waals surface area contributed by atoms with Crippen LogP contribution in [0.5, 0.6) is 0 Å². The molecule has 1 atom stereocenters. The fraction of sp³-hybridized carbons (Fsp3) is 0.273. The first-order chi connectivity index (χ1) is 12.7. The molecule has 2 N–H and O–H groups in total. The van der Waals surface area contributed by atoms with Crippen LogP contribution in [-0.2, 0) is 10.2 Å². The summed E-state index contributed by atoms with van der Waals surface area (Å²) in [5.41, 5.74) is 2.84. The Balaban J connectivity index is 1.93. The second-order valence-corrected chi connectivity index (χ2v) is 8.22. The number of Topliss-reactive ketones (excluding diaryl/α,β-unsaturated/α-hetero) is 1. The maximum atomic E-state index is 12.8. The largest absolute Gasteiger partial charge is 0.481 e. The van der Waals surface area contributed by atoms with Crippen molar-refractivity contribution in [2.45, 2.75) is 38.5 Å². The number of fused-ring (bicyclic) bond motifs is 1. The Morgan fingerprint density at radius 2 is 1.89 bits per heavy atom. The van der Waals surface area contributed by atoms with Gasteiger partial charge in [-0.1, -0.05) is 56.6 Å². The SMILES string of the molecule is CC(C)(C)c1cccc(C(=O)CC(C(=O)O)c2c[nH]c3cc(Cl)ccc23)c1. The second kappa shape index (κ2) is 7.20. The molecule has 5 heteroatoms. The zero-order valence-corrected chi connectivity index (χ0v) is 16.3. The van der Waals surface area contributed by atoms with E-state index >= 15 is 0 Å². The Hall–Kier alpha value is -2.59. The summed E-state index contributed by atoms with van der Waals surface area (Å²) in [5.74, 6) is -2.13. The number of halogens is 1. The van der Waals surface area contributed by atoms with E-state index in [2.05, 4.69) is 25.8 Å². The van der Waals surface area contributed by atoms with Crippen molar-refractivity contribution < 1.29 is 14.7 Å². The van der Waals surface area contributed by atoms with Gasteiger partial charge in [-0.05, 0) is 34.7 Å². The third kappa shape index (κ3) is 4.06. The number of nitrogens with one attached hydrogen (secondary N) is 1. The van der Waals surface area contributed by atoms with Gasteiger partial charge in [0, 0.05) is 34.1 Å². The van der Waals surface area contributed by atoms with Crippen LogP contribution in [0.2, 0.25) is 5.02 Å². The van der Waals surface area contributed by atoms with Gasteiger partial charge in [0.25, 0.3) is 0 Å². The first-order valence-electron chi connectivity index (χ1n) is 8.80. The lowest BCUT2D eigenvalue weighted by atomic mass is 9.84. The molecule has 0 amide bonds. The molecule has 3 rings (SSSR count). The number of hydrogen-bond donors (Lipinski definition) is 2. The van der Waals surface area contributed by atoms with Gasteiger partial charge < -0.3 is 10.1 Å². The molecular formula is C22H22ClNO3. The molecule has 0 spiro atoms. The van der Waals surface area contributed by atoms with Gasteiger partial charge in [0.15, 0.2) is 5.78 Å². The first-order valence-corrected chi connectivity index (χ1v) is 9.17. The molecule has 27 heavy (non-hydrogen) atoms. The summed E-state index contributed by atoms with van der Waals surface area (Å²) in [7, 11) is 0. The fourth-order valence-electron chi connectivity index (χ4n) is 3.20. The Kier molecular flexibility index (Phi) is 5.11. The summed E-state index contributed by atoms with van der Waals surface area (Å²) in [6.45, 7) is 6.23. The highest BCUT2D eigenvalue weighted by atomic mass is 35.5. The minimum atomic E-state index is -1.02. The maximum Gasteiger partial charge on any atom is 0.311 e. The number of carboxylic acids is 1. The summed E-state index contributed by atoms with van der Waals surface area (Å²) >= 11 is 6.00. The van der Waals surface area contributed by atoms with Gasteiger partial charge in [-0.25, -0.2) is 0 Å². The Bertz CT molecular complexity index is 1010. The number of aromatic nitrogens is 1. The molecule has 1 unspecified atom stereocenters. The quantitative estimate of drug-likeness (QED) is 0.566. The summed E-state index contributed by atoms with van der Waals surface area (Å²) in [5, 5.41) is 11.1. The van der Waals surface area contributed by atoms with Crippen molar-refractivity contribution in [3.8, 4) is 0 Å². The number of hydrogen-bond acceptors (Lipinski definition) is 2. The van der Waals surface area contributed by atoms with E-state index in [0.29, 0.717) is 16.1 Å². The van der Waals surface area contributed by atoms with Crippen LogP contribution < -0.4 is 0 Å². The molecule has 1 aromatic heterocycles. The molecule has 0 fully saturated rings. The number of aromatic amines is 1. The van der Waals surface area contributed by atoms with Crippen molar-refractivity contribution in [2.75, 3.05) is 0 Å². The van der Waals surface area contributed by atoms with Gasteiger partial charge >= 0.3 is 5.97 Å². The van der Waals surface area contributed by atoms with Gasteiger partial charge in [-0.2, -0.15) is 0 Å². The molecule has 0 bridgehead atoms. The number of rotatable bonds is 5. The van der Waals surface area contributed by atoms with Crippen LogP contribution in [0.1, 0.15) is 54.6 Å². The topological polar surface area (TPSA) is 70.2 Å². The van der Waals surface area contributed by atoms with Gasteiger partial charge in [-0.15, -0.1) is 0 Å². The van der Waals surface area contributed by atoms with E-state index < -0.39 is 11.9 Å². The van der Waals surface area contributed by atoms with Crippen molar-refractivity contribution >= 4 is 34.3 Å². The second-order valence-electron chi connectivity index (χ2n) is 7.78. The number of carboxylic acid groups (broad SMARTS) is 1. The van der Waals surface area contributed by atoms with Gasteiger partial charge in [0.1, 0.15) is 0 Å². The van der Waals surface area contributed by atoms with Crippen LogP contribution in [0.3, 0.4) is 0 Å². The highest BCUT2D eigenvalue weighted by Gasteiger charge is 2.27. The Morgan fingerprint density at radius 1 is 1.15 bits per heavy atom. The van der Waals surface area contributed by atoms with Crippen LogP contribution >= 0.6 is 11.6 Å². The molecule has 3 aromatic rings. The van der Waals surface area contributed by atoms with Crippen molar-refractivity contribution in [3.05, 3.63) is 70.4 Å². The molecule has 2 aromatic carbocycles. The number of H-pyrrole nitrogens is 1. The predicted molar refractivity (Wildman–Crippen MR) is 108 cm³/mol. The summed E-state index contributed by atoms with van der Waals surface area (Å²) in [6, 6.07) is 12.7. The number of benzene rings is 2. The Morgan fingerprint density at radius 3 is 2.56 bits per heavy atom. The molecule has 140 valence electrons. The zero-order chi connectivity index (χ0) is 19.8. The summed E-state index contributed by atoms with van der Waals surface area (Å²) in [6.07, 6.45) is 1.55. The summed E-state index contributed by atoms with van der Waals surface area (Å²) < 4.78 is 0. The monoisotopic (exact) mass is 383 g/mol. The smallest absolute Gasteiger partial charge is 0.311 e. The maximum absolute atomic E-state index is 12.8. The minimum Gasteiger partial charge on any atom is -0.481 e. The number of carbonyl (C=O) groups is 2.